The number of rotatable bonds is 7. The molecule has 1 aliphatic rings. The van der Waals surface area contributed by atoms with Gasteiger partial charge in [-0.25, -0.2) is 0 Å². The first-order valence-corrected chi connectivity index (χ1v) is 10.8. The predicted octanol–water partition coefficient (Wildman–Crippen LogP) is 6.77. The van der Waals surface area contributed by atoms with Crippen LogP contribution in [0.5, 0.6) is 11.5 Å². The molecule has 0 aromatic heterocycles. The molecule has 0 bridgehead atoms. The molecular formula is C21H24BrCl2NO2. The standard InChI is InChI=1S/C21H24BrCl2NO2/c1-26-20-10-14(12-25-15-6-3-2-4-7-15)17(22)11-21(20)27-13-16-18(23)8-5-9-19(16)24/h5,8-11,15,25H,2-4,6-7,12-13H2,1H3. The van der Waals surface area contributed by atoms with Crippen LogP contribution in [0, 0.1) is 0 Å². The van der Waals surface area contributed by atoms with Crippen LogP contribution in [0.1, 0.15) is 43.2 Å². The molecule has 0 unspecified atom stereocenters. The van der Waals surface area contributed by atoms with Gasteiger partial charge < -0.3 is 14.8 Å². The van der Waals surface area contributed by atoms with Crippen LogP contribution in [0.3, 0.4) is 0 Å². The van der Waals surface area contributed by atoms with Crippen LogP contribution in [0.4, 0.5) is 0 Å². The molecule has 3 rings (SSSR count). The molecule has 0 amide bonds. The van der Waals surface area contributed by atoms with Gasteiger partial charge in [-0.05, 0) is 42.7 Å². The number of halogens is 3. The zero-order chi connectivity index (χ0) is 19.2. The molecule has 0 radical (unpaired) electrons. The van der Waals surface area contributed by atoms with Crippen molar-refractivity contribution in [3.05, 3.63) is 56.0 Å². The number of ether oxygens (including phenoxy) is 2. The van der Waals surface area contributed by atoms with E-state index in [-0.39, 0.29) is 6.61 Å². The summed E-state index contributed by atoms with van der Waals surface area (Å²) in [7, 11) is 1.65. The van der Waals surface area contributed by atoms with E-state index < -0.39 is 0 Å². The molecule has 2 aromatic rings. The Balaban J connectivity index is 1.69. The van der Waals surface area contributed by atoms with Gasteiger partial charge in [0, 0.05) is 32.7 Å². The average molecular weight is 473 g/mol. The SMILES string of the molecule is COc1cc(CNC2CCCCC2)c(Br)cc1OCc1c(Cl)cccc1Cl. The van der Waals surface area contributed by atoms with Gasteiger partial charge in [0.1, 0.15) is 6.61 Å². The van der Waals surface area contributed by atoms with Crippen LogP contribution in [-0.4, -0.2) is 13.2 Å². The minimum atomic E-state index is 0.279. The Labute approximate surface area is 179 Å². The Morgan fingerprint density at radius 2 is 1.78 bits per heavy atom. The van der Waals surface area contributed by atoms with Crippen LogP contribution in [0.2, 0.25) is 10.0 Å². The Morgan fingerprint density at radius 3 is 2.44 bits per heavy atom. The van der Waals surface area contributed by atoms with Gasteiger partial charge in [0.05, 0.1) is 7.11 Å². The topological polar surface area (TPSA) is 30.5 Å². The van der Waals surface area contributed by atoms with E-state index in [1.54, 1.807) is 19.2 Å². The molecular weight excluding hydrogens is 449 g/mol. The van der Waals surface area contributed by atoms with E-state index in [2.05, 4.69) is 21.2 Å². The largest absolute Gasteiger partial charge is 0.493 e. The predicted molar refractivity (Wildman–Crippen MR) is 115 cm³/mol. The second-order valence-corrected chi connectivity index (χ2v) is 8.47. The maximum Gasteiger partial charge on any atom is 0.162 e. The van der Waals surface area contributed by atoms with Crippen molar-refractivity contribution in [1.29, 1.82) is 0 Å². The van der Waals surface area contributed by atoms with Crippen molar-refractivity contribution >= 4 is 39.1 Å². The fourth-order valence-corrected chi connectivity index (χ4v) is 4.34. The summed E-state index contributed by atoms with van der Waals surface area (Å²) in [4.78, 5) is 0. The molecule has 0 atom stereocenters. The average Bonchev–Trinajstić information content (AvgIpc) is 2.67. The van der Waals surface area contributed by atoms with Crippen LogP contribution in [-0.2, 0) is 13.2 Å². The van der Waals surface area contributed by atoms with Crippen molar-refractivity contribution in [3.63, 3.8) is 0 Å². The number of benzene rings is 2. The number of nitrogens with one attached hydrogen (secondary N) is 1. The van der Waals surface area contributed by atoms with Crippen molar-refractivity contribution in [2.24, 2.45) is 0 Å². The van der Waals surface area contributed by atoms with E-state index in [1.165, 1.54) is 32.1 Å². The number of methoxy groups -OCH3 is 1. The highest BCUT2D eigenvalue weighted by Crippen LogP contribution is 2.35. The van der Waals surface area contributed by atoms with E-state index in [9.17, 15) is 0 Å². The van der Waals surface area contributed by atoms with E-state index >= 15 is 0 Å². The van der Waals surface area contributed by atoms with Crippen molar-refractivity contribution in [3.8, 4) is 11.5 Å². The Hall–Kier alpha value is -0.940. The zero-order valence-corrected chi connectivity index (χ0v) is 18.5. The van der Waals surface area contributed by atoms with Crippen LogP contribution in [0.15, 0.2) is 34.8 Å². The van der Waals surface area contributed by atoms with Crippen LogP contribution < -0.4 is 14.8 Å². The van der Waals surface area contributed by atoms with E-state index in [4.69, 9.17) is 32.7 Å². The summed E-state index contributed by atoms with van der Waals surface area (Å²) in [5.41, 5.74) is 1.92. The Kier molecular flexibility index (Phi) is 7.71. The first kappa shape index (κ1) is 20.8. The third-order valence-corrected chi connectivity index (χ3v) is 6.40. The fraction of sp³-hybridized carbons (Fsp3) is 0.429. The molecule has 146 valence electrons. The summed E-state index contributed by atoms with van der Waals surface area (Å²) in [6, 6.07) is 10.00. The normalized spacial score (nSPS) is 15.0. The van der Waals surface area contributed by atoms with Gasteiger partial charge in [0.15, 0.2) is 11.5 Å². The van der Waals surface area contributed by atoms with Gasteiger partial charge in [-0.3, -0.25) is 0 Å². The second-order valence-electron chi connectivity index (χ2n) is 6.80. The van der Waals surface area contributed by atoms with Gasteiger partial charge in [-0.15, -0.1) is 0 Å². The molecule has 2 aromatic carbocycles. The lowest BCUT2D eigenvalue weighted by atomic mass is 9.95. The summed E-state index contributed by atoms with van der Waals surface area (Å²) < 4.78 is 12.5. The minimum absolute atomic E-state index is 0.279. The summed E-state index contributed by atoms with van der Waals surface area (Å²) in [6.45, 7) is 1.08. The van der Waals surface area contributed by atoms with Crippen molar-refractivity contribution in [2.75, 3.05) is 7.11 Å². The van der Waals surface area contributed by atoms with Crippen LogP contribution in [0.25, 0.3) is 0 Å². The third kappa shape index (κ3) is 5.54. The van der Waals surface area contributed by atoms with Gasteiger partial charge in [0.25, 0.3) is 0 Å². The summed E-state index contributed by atoms with van der Waals surface area (Å²) in [6.07, 6.45) is 6.51. The molecule has 1 aliphatic carbocycles. The smallest absolute Gasteiger partial charge is 0.162 e. The quantitative estimate of drug-likeness (QED) is 0.482. The van der Waals surface area contributed by atoms with E-state index in [1.807, 2.05) is 18.2 Å². The molecule has 0 spiro atoms. The van der Waals surface area contributed by atoms with Crippen LogP contribution >= 0.6 is 39.1 Å². The molecule has 6 heteroatoms. The van der Waals surface area contributed by atoms with Gasteiger partial charge >= 0.3 is 0 Å². The fourth-order valence-electron chi connectivity index (χ4n) is 3.37. The number of hydrogen-bond donors (Lipinski definition) is 1. The van der Waals surface area contributed by atoms with Crippen molar-refractivity contribution in [1.82, 2.24) is 5.32 Å². The first-order chi connectivity index (χ1) is 13.1. The lowest BCUT2D eigenvalue weighted by molar-refractivity contribution is 0.284. The van der Waals surface area contributed by atoms with E-state index in [0.29, 0.717) is 27.6 Å². The zero-order valence-electron chi connectivity index (χ0n) is 15.4. The van der Waals surface area contributed by atoms with Crippen molar-refractivity contribution in [2.45, 2.75) is 51.3 Å². The Bertz CT molecular complexity index is 759. The molecule has 0 aliphatic heterocycles. The molecule has 0 heterocycles. The van der Waals surface area contributed by atoms with E-state index in [0.717, 1.165) is 22.1 Å². The van der Waals surface area contributed by atoms with Gasteiger partial charge in [-0.2, -0.15) is 0 Å². The highest BCUT2D eigenvalue weighted by atomic mass is 79.9. The molecule has 1 saturated carbocycles. The molecule has 27 heavy (non-hydrogen) atoms. The minimum Gasteiger partial charge on any atom is -0.493 e. The lowest BCUT2D eigenvalue weighted by Gasteiger charge is -2.23. The maximum atomic E-state index is 6.23. The molecule has 0 saturated heterocycles. The second kappa shape index (κ2) is 10.0. The lowest BCUT2D eigenvalue weighted by Crippen LogP contribution is -2.30. The first-order valence-electron chi connectivity index (χ1n) is 9.24. The van der Waals surface area contributed by atoms with Gasteiger partial charge in [0.2, 0.25) is 0 Å². The summed E-state index contributed by atoms with van der Waals surface area (Å²) in [5.74, 6) is 1.35. The number of hydrogen-bond acceptors (Lipinski definition) is 3. The molecule has 1 N–H and O–H groups in total. The van der Waals surface area contributed by atoms with Crippen molar-refractivity contribution < 1.29 is 9.47 Å². The monoisotopic (exact) mass is 471 g/mol. The maximum absolute atomic E-state index is 6.23. The summed E-state index contributed by atoms with van der Waals surface area (Å²) >= 11 is 16.1. The summed E-state index contributed by atoms with van der Waals surface area (Å²) in [5, 5.41) is 4.84. The highest BCUT2D eigenvalue weighted by molar-refractivity contribution is 9.10. The van der Waals surface area contributed by atoms with Gasteiger partial charge in [-0.1, -0.05) is 64.5 Å². The highest BCUT2D eigenvalue weighted by Gasteiger charge is 2.16. The molecule has 3 nitrogen and oxygen atoms in total. The third-order valence-electron chi connectivity index (χ3n) is 4.95. The Morgan fingerprint density at radius 1 is 1.07 bits per heavy atom. The molecule has 1 fully saturated rings.